The third-order valence-corrected chi connectivity index (χ3v) is 5.50. The number of nitrogens with one attached hydrogen (secondary N) is 1. The Hall–Kier alpha value is -3.15. The Morgan fingerprint density at radius 2 is 1.93 bits per heavy atom. The lowest BCUT2D eigenvalue weighted by Crippen LogP contribution is -2.31. The van der Waals surface area contributed by atoms with Crippen molar-refractivity contribution in [3.05, 3.63) is 81.4 Å². The minimum Gasteiger partial charge on any atom is -0.377 e. The molecule has 0 saturated heterocycles. The topological polar surface area (TPSA) is 75.5 Å². The minimum atomic E-state index is -0.388. The fraction of sp³-hybridized carbons (Fsp3) is 0.286. The molecule has 3 atom stereocenters. The number of benzene rings is 2. The number of rotatable bonds is 3. The van der Waals surface area contributed by atoms with E-state index >= 15 is 0 Å². The molecule has 138 valence electrons. The van der Waals surface area contributed by atoms with Crippen LogP contribution in [0.4, 0.5) is 11.4 Å². The van der Waals surface area contributed by atoms with E-state index in [0.717, 1.165) is 23.2 Å². The number of para-hydroxylation sites is 1. The van der Waals surface area contributed by atoms with Crippen molar-refractivity contribution in [3.63, 3.8) is 0 Å². The number of anilines is 1. The van der Waals surface area contributed by atoms with Crippen molar-refractivity contribution >= 4 is 17.3 Å². The first-order chi connectivity index (χ1) is 13.0. The smallest absolute Gasteiger partial charge is 0.269 e. The maximum absolute atomic E-state index is 12.7. The molecule has 1 amide bonds. The third kappa shape index (κ3) is 2.87. The van der Waals surface area contributed by atoms with Gasteiger partial charge in [0.05, 0.1) is 22.2 Å². The van der Waals surface area contributed by atoms with Crippen LogP contribution < -0.4 is 5.32 Å². The fourth-order valence-corrected chi connectivity index (χ4v) is 4.17. The number of non-ortho nitro benzene ring substituents is 1. The van der Waals surface area contributed by atoms with Gasteiger partial charge in [-0.2, -0.15) is 0 Å². The molecule has 0 radical (unpaired) electrons. The lowest BCUT2D eigenvalue weighted by atomic mass is 9.76. The molecule has 1 aliphatic heterocycles. The molecular weight excluding hydrogens is 342 g/mol. The number of carbonyl (C=O) groups is 1. The lowest BCUT2D eigenvalue weighted by Gasteiger charge is -2.38. The zero-order valence-corrected chi connectivity index (χ0v) is 15.3. The average Bonchev–Trinajstić information content (AvgIpc) is 3.16. The Labute approximate surface area is 157 Å². The Morgan fingerprint density at radius 1 is 1.19 bits per heavy atom. The summed E-state index contributed by atoms with van der Waals surface area (Å²) in [4.78, 5) is 24.8. The SMILES string of the molecule is CN(C)C(=O)c1cccc2c1N[C@@H](c1ccc([N+](=O)[O-])cc1)[C@@H]1CC=C[C@H]21. The van der Waals surface area contributed by atoms with Crippen LogP contribution in [0.15, 0.2) is 54.6 Å². The van der Waals surface area contributed by atoms with Gasteiger partial charge in [0.15, 0.2) is 0 Å². The van der Waals surface area contributed by atoms with Crippen LogP contribution in [0.3, 0.4) is 0 Å². The van der Waals surface area contributed by atoms with Gasteiger partial charge in [-0.1, -0.05) is 36.4 Å². The highest BCUT2D eigenvalue weighted by Crippen LogP contribution is 2.50. The Bertz CT molecular complexity index is 934. The number of nitrogens with zero attached hydrogens (tertiary/aromatic N) is 2. The van der Waals surface area contributed by atoms with Gasteiger partial charge in [0, 0.05) is 32.1 Å². The molecule has 4 rings (SSSR count). The number of fused-ring (bicyclic) bond motifs is 3. The van der Waals surface area contributed by atoms with E-state index in [1.54, 1.807) is 31.1 Å². The first kappa shape index (κ1) is 17.3. The van der Waals surface area contributed by atoms with Crippen molar-refractivity contribution in [3.8, 4) is 0 Å². The van der Waals surface area contributed by atoms with Gasteiger partial charge < -0.3 is 10.2 Å². The van der Waals surface area contributed by atoms with Crippen LogP contribution >= 0.6 is 0 Å². The predicted molar refractivity (Wildman–Crippen MR) is 104 cm³/mol. The van der Waals surface area contributed by atoms with Crippen LogP contribution in [-0.4, -0.2) is 29.8 Å². The van der Waals surface area contributed by atoms with E-state index in [4.69, 9.17) is 0 Å². The zero-order chi connectivity index (χ0) is 19.1. The van der Waals surface area contributed by atoms with Crippen LogP contribution in [-0.2, 0) is 0 Å². The number of amides is 1. The number of hydrogen-bond acceptors (Lipinski definition) is 4. The van der Waals surface area contributed by atoms with E-state index in [-0.39, 0.29) is 28.5 Å². The molecule has 6 nitrogen and oxygen atoms in total. The van der Waals surface area contributed by atoms with Gasteiger partial charge in [-0.15, -0.1) is 0 Å². The van der Waals surface area contributed by atoms with Gasteiger partial charge in [0.1, 0.15) is 0 Å². The van der Waals surface area contributed by atoms with Gasteiger partial charge >= 0.3 is 0 Å². The maximum Gasteiger partial charge on any atom is 0.269 e. The molecule has 1 aliphatic carbocycles. The summed E-state index contributed by atoms with van der Waals surface area (Å²) in [5.41, 5.74) is 3.74. The van der Waals surface area contributed by atoms with Crippen molar-refractivity contribution in [1.29, 1.82) is 0 Å². The predicted octanol–water partition coefficient (Wildman–Crippen LogP) is 4.12. The maximum atomic E-state index is 12.7. The number of nitro benzene ring substituents is 1. The number of carbonyl (C=O) groups excluding carboxylic acids is 1. The second-order valence-corrected chi connectivity index (χ2v) is 7.29. The van der Waals surface area contributed by atoms with Gasteiger partial charge in [-0.25, -0.2) is 0 Å². The molecule has 6 heteroatoms. The van der Waals surface area contributed by atoms with Gasteiger partial charge in [-0.3, -0.25) is 14.9 Å². The molecule has 0 saturated carbocycles. The van der Waals surface area contributed by atoms with Gasteiger partial charge in [-0.05, 0) is 29.5 Å². The molecule has 0 aromatic heterocycles. The Morgan fingerprint density at radius 3 is 2.59 bits per heavy atom. The summed E-state index contributed by atoms with van der Waals surface area (Å²) in [6, 6.07) is 12.6. The van der Waals surface area contributed by atoms with Gasteiger partial charge in [0.25, 0.3) is 11.6 Å². The monoisotopic (exact) mass is 363 g/mol. The quantitative estimate of drug-likeness (QED) is 0.506. The van der Waals surface area contributed by atoms with Crippen molar-refractivity contribution in [2.24, 2.45) is 5.92 Å². The van der Waals surface area contributed by atoms with Crippen LogP contribution in [0.5, 0.6) is 0 Å². The van der Waals surface area contributed by atoms with Gasteiger partial charge in [0.2, 0.25) is 0 Å². The van der Waals surface area contributed by atoms with Crippen molar-refractivity contribution in [2.45, 2.75) is 18.4 Å². The Kier molecular flexibility index (Phi) is 4.18. The zero-order valence-electron chi connectivity index (χ0n) is 15.3. The largest absolute Gasteiger partial charge is 0.377 e. The third-order valence-electron chi connectivity index (χ3n) is 5.50. The average molecular weight is 363 g/mol. The molecule has 27 heavy (non-hydrogen) atoms. The summed E-state index contributed by atoms with van der Waals surface area (Å²) in [6.07, 6.45) is 5.34. The van der Waals surface area contributed by atoms with Crippen LogP contribution in [0.25, 0.3) is 0 Å². The molecule has 2 aromatic carbocycles. The molecule has 0 bridgehead atoms. The summed E-state index contributed by atoms with van der Waals surface area (Å²) >= 11 is 0. The van der Waals surface area contributed by atoms with E-state index in [1.807, 2.05) is 24.3 Å². The van der Waals surface area contributed by atoms with Crippen molar-refractivity contribution < 1.29 is 9.72 Å². The highest BCUT2D eigenvalue weighted by molar-refractivity contribution is 6.00. The van der Waals surface area contributed by atoms with E-state index < -0.39 is 0 Å². The van der Waals surface area contributed by atoms with Crippen LogP contribution in [0.2, 0.25) is 0 Å². The lowest BCUT2D eigenvalue weighted by molar-refractivity contribution is -0.384. The number of allylic oxidation sites excluding steroid dienone is 2. The van der Waals surface area contributed by atoms with Crippen molar-refractivity contribution in [1.82, 2.24) is 4.90 Å². The summed E-state index contributed by atoms with van der Waals surface area (Å²) < 4.78 is 0. The standard InChI is InChI=1S/C21H21N3O3/c1-23(2)21(25)18-8-4-7-17-15-5-3-6-16(15)19(22-20(17)18)13-9-11-14(12-10-13)24(26)27/h3-5,7-12,15-16,19,22H,6H2,1-2H3/t15-,16+,19-/m0/s1. The van der Waals surface area contributed by atoms with Crippen molar-refractivity contribution in [2.75, 3.05) is 19.4 Å². The number of nitro groups is 1. The first-order valence-electron chi connectivity index (χ1n) is 8.99. The van der Waals surface area contributed by atoms with E-state index in [1.165, 1.54) is 0 Å². The highest BCUT2D eigenvalue weighted by Gasteiger charge is 2.39. The normalized spacial score (nSPS) is 22.5. The van der Waals surface area contributed by atoms with Crippen LogP contribution in [0, 0.1) is 16.0 Å². The molecule has 2 aromatic rings. The molecular formula is C21H21N3O3. The Balaban J connectivity index is 1.78. The summed E-state index contributed by atoms with van der Waals surface area (Å²) in [5.74, 6) is 0.516. The molecule has 0 unspecified atom stereocenters. The summed E-state index contributed by atoms with van der Waals surface area (Å²) in [5, 5.41) is 14.5. The highest BCUT2D eigenvalue weighted by atomic mass is 16.6. The molecule has 1 N–H and O–H groups in total. The van der Waals surface area contributed by atoms with E-state index in [0.29, 0.717) is 11.5 Å². The molecule has 0 fully saturated rings. The number of hydrogen-bond donors (Lipinski definition) is 1. The molecule has 2 aliphatic rings. The molecule has 1 heterocycles. The molecule has 0 spiro atoms. The summed E-state index contributed by atoms with van der Waals surface area (Å²) in [7, 11) is 3.49. The first-order valence-corrected chi connectivity index (χ1v) is 8.99. The van der Waals surface area contributed by atoms with Crippen LogP contribution in [0.1, 0.15) is 39.9 Å². The fourth-order valence-electron chi connectivity index (χ4n) is 4.17. The minimum absolute atomic E-state index is 0.00517. The summed E-state index contributed by atoms with van der Waals surface area (Å²) in [6.45, 7) is 0. The second kappa shape index (κ2) is 6.54. The second-order valence-electron chi connectivity index (χ2n) is 7.29. The van der Waals surface area contributed by atoms with E-state index in [9.17, 15) is 14.9 Å². The van der Waals surface area contributed by atoms with E-state index in [2.05, 4.69) is 23.5 Å².